The highest BCUT2D eigenvalue weighted by molar-refractivity contribution is 6.31. The van der Waals surface area contributed by atoms with Gasteiger partial charge in [0.25, 0.3) is 0 Å². The molecule has 0 aliphatic heterocycles. The van der Waals surface area contributed by atoms with Crippen molar-refractivity contribution in [2.45, 2.75) is 33.1 Å². The van der Waals surface area contributed by atoms with E-state index < -0.39 is 0 Å². The average molecular weight is 184 g/mol. The number of nitrogens with zero attached hydrogens (tertiary/aromatic N) is 1. The quantitative estimate of drug-likeness (QED) is 0.685. The summed E-state index contributed by atoms with van der Waals surface area (Å²) in [6.07, 6.45) is 2.82. The van der Waals surface area contributed by atoms with Crippen molar-refractivity contribution < 1.29 is 0 Å². The molecule has 0 spiro atoms. The molecule has 12 heavy (non-hydrogen) atoms. The van der Waals surface area contributed by atoms with Gasteiger partial charge in [-0.2, -0.15) is 0 Å². The predicted octanol–water partition coefficient (Wildman–Crippen LogP) is 3.42. The number of aromatic nitrogens is 1. The molecule has 1 aromatic rings. The van der Waals surface area contributed by atoms with Crippen LogP contribution in [0.1, 0.15) is 37.9 Å². The summed E-state index contributed by atoms with van der Waals surface area (Å²) in [5, 5.41) is 0.844. The third-order valence-corrected chi connectivity index (χ3v) is 2.28. The lowest BCUT2D eigenvalue weighted by atomic mass is 10.1. The molecule has 0 fully saturated rings. The number of hydrogen-bond donors (Lipinski definition) is 0. The Morgan fingerprint density at radius 3 is 2.58 bits per heavy atom. The molecule has 1 rings (SSSR count). The monoisotopic (exact) mass is 183 g/mol. The van der Waals surface area contributed by atoms with Gasteiger partial charge in [-0.15, -0.1) is 0 Å². The van der Waals surface area contributed by atoms with E-state index in [0.29, 0.717) is 5.92 Å². The lowest BCUT2D eigenvalue weighted by Gasteiger charge is -2.06. The minimum Gasteiger partial charge on any atom is -0.261 e. The fraction of sp³-hybridized carbons (Fsp3) is 0.500. The van der Waals surface area contributed by atoms with Gasteiger partial charge in [-0.1, -0.05) is 32.4 Å². The molecule has 1 nitrogen and oxygen atoms in total. The van der Waals surface area contributed by atoms with Gasteiger partial charge in [-0.25, -0.2) is 0 Å². The molecule has 0 N–H and O–H groups in total. The fourth-order valence-corrected chi connectivity index (χ4v) is 1.34. The summed E-state index contributed by atoms with van der Waals surface area (Å²) in [4.78, 5) is 4.33. The molecule has 0 saturated heterocycles. The number of pyridine rings is 1. The second-order valence-corrected chi connectivity index (χ2v) is 3.62. The lowest BCUT2D eigenvalue weighted by Crippen LogP contribution is -1.94. The van der Waals surface area contributed by atoms with Crippen LogP contribution < -0.4 is 0 Å². The number of rotatable bonds is 2. The maximum absolute atomic E-state index is 6.03. The summed E-state index contributed by atoms with van der Waals surface area (Å²) in [5.74, 6) is 0.452. The second kappa shape index (κ2) is 3.90. The third-order valence-electron chi connectivity index (χ3n) is 1.92. The smallest absolute Gasteiger partial charge is 0.0471 e. The fourth-order valence-electron chi connectivity index (χ4n) is 1.05. The van der Waals surface area contributed by atoms with Gasteiger partial charge in [0.1, 0.15) is 0 Å². The minimum atomic E-state index is 0.452. The van der Waals surface area contributed by atoms with Crippen LogP contribution in [0.5, 0.6) is 0 Å². The Balaban J connectivity index is 3.02. The first-order valence-electron chi connectivity index (χ1n) is 4.29. The summed E-state index contributed by atoms with van der Waals surface area (Å²) in [6, 6.07) is 1.96. The van der Waals surface area contributed by atoms with Crippen LogP contribution in [0.2, 0.25) is 5.02 Å². The predicted molar refractivity (Wildman–Crippen MR) is 52.7 cm³/mol. The largest absolute Gasteiger partial charge is 0.261 e. The summed E-state index contributed by atoms with van der Waals surface area (Å²) in [6.45, 7) is 6.31. The lowest BCUT2D eigenvalue weighted by molar-refractivity contribution is 0.819. The summed E-state index contributed by atoms with van der Waals surface area (Å²) in [7, 11) is 0. The Kier molecular flexibility index (Phi) is 3.10. The molecular weight excluding hydrogens is 170 g/mol. The number of aryl methyl sites for hydroxylation is 1. The summed E-state index contributed by atoms with van der Waals surface area (Å²) >= 11 is 6.03. The standard InChI is InChI=1S/C10H14ClN/c1-4-8-6-12-10(7(2)3)5-9(8)11/h5-7H,4H2,1-3H3. The molecule has 0 aliphatic rings. The van der Waals surface area contributed by atoms with E-state index in [1.165, 1.54) is 0 Å². The van der Waals surface area contributed by atoms with Crippen molar-refractivity contribution in [3.63, 3.8) is 0 Å². The van der Waals surface area contributed by atoms with Gasteiger partial charge in [-0.05, 0) is 24.0 Å². The van der Waals surface area contributed by atoms with Crippen LogP contribution in [0.3, 0.4) is 0 Å². The highest BCUT2D eigenvalue weighted by Gasteiger charge is 2.04. The van der Waals surface area contributed by atoms with E-state index in [-0.39, 0.29) is 0 Å². The van der Waals surface area contributed by atoms with Gasteiger partial charge in [0.05, 0.1) is 0 Å². The van der Waals surface area contributed by atoms with E-state index in [1.54, 1.807) is 0 Å². The SMILES string of the molecule is CCc1cnc(C(C)C)cc1Cl. The normalized spacial score (nSPS) is 10.8. The molecule has 0 bridgehead atoms. The summed E-state index contributed by atoms with van der Waals surface area (Å²) < 4.78 is 0. The molecule has 66 valence electrons. The van der Waals surface area contributed by atoms with Crippen molar-refractivity contribution in [1.82, 2.24) is 4.98 Å². The maximum atomic E-state index is 6.03. The Hall–Kier alpha value is -0.560. The van der Waals surface area contributed by atoms with Crippen molar-refractivity contribution in [3.8, 4) is 0 Å². The van der Waals surface area contributed by atoms with Gasteiger partial charge in [0.15, 0.2) is 0 Å². The highest BCUT2D eigenvalue weighted by atomic mass is 35.5. The van der Waals surface area contributed by atoms with Crippen molar-refractivity contribution in [2.24, 2.45) is 0 Å². The molecule has 1 heterocycles. The maximum Gasteiger partial charge on any atom is 0.0471 e. The first kappa shape index (κ1) is 9.53. The van der Waals surface area contributed by atoms with Crippen molar-refractivity contribution in [3.05, 3.63) is 28.5 Å². The van der Waals surface area contributed by atoms with E-state index in [9.17, 15) is 0 Å². The van der Waals surface area contributed by atoms with Gasteiger partial charge in [0, 0.05) is 16.9 Å². The molecule has 0 aromatic carbocycles. The average Bonchev–Trinajstić information content (AvgIpc) is 2.04. The Labute approximate surface area is 78.8 Å². The van der Waals surface area contributed by atoms with Crippen LogP contribution in [0.15, 0.2) is 12.3 Å². The van der Waals surface area contributed by atoms with Crippen LogP contribution in [0.4, 0.5) is 0 Å². The van der Waals surface area contributed by atoms with Crippen molar-refractivity contribution >= 4 is 11.6 Å². The zero-order chi connectivity index (χ0) is 9.14. The van der Waals surface area contributed by atoms with Gasteiger partial charge >= 0.3 is 0 Å². The van der Waals surface area contributed by atoms with E-state index in [0.717, 1.165) is 22.7 Å². The molecule has 0 radical (unpaired) electrons. The third kappa shape index (κ3) is 1.98. The zero-order valence-corrected chi connectivity index (χ0v) is 8.52. The van der Waals surface area contributed by atoms with Crippen LogP contribution in [0.25, 0.3) is 0 Å². The molecule has 1 aromatic heterocycles. The molecule has 2 heteroatoms. The summed E-state index contributed by atoms with van der Waals surface area (Å²) in [5.41, 5.74) is 2.19. The van der Waals surface area contributed by atoms with E-state index in [4.69, 9.17) is 11.6 Å². The van der Waals surface area contributed by atoms with Gasteiger partial charge in [-0.3, -0.25) is 4.98 Å². The van der Waals surface area contributed by atoms with Crippen molar-refractivity contribution in [2.75, 3.05) is 0 Å². The van der Waals surface area contributed by atoms with Crippen LogP contribution >= 0.6 is 11.6 Å². The number of halogens is 1. The Morgan fingerprint density at radius 2 is 2.17 bits per heavy atom. The van der Waals surface area contributed by atoms with Gasteiger partial charge in [0.2, 0.25) is 0 Å². The molecular formula is C10H14ClN. The van der Waals surface area contributed by atoms with E-state index in [1.807, 2.05) is 12.3 Å². The van der Waals surface area contributed by atoms with E-state index in [2.05, 4.69) is 25.8 Å². The Bertz CT molecular complexity index is 269. The first-order chi connectivity index (χ1) is 5.65. The zero-order valence-electron chi connectivity index (χ0n) is 7.76. The van der Waals surface area contributed by atoms with Crippen LogP contribution in [-0.2, 0) is 6.42 Å². The molecule has 0 saturated carbocycles. The highest BCUT2D eigenvalue weighted by Crippen LogP contribution is 2.20. The van der Waals surface area contributed by atoms with Gasteiger partial charge < -0.3 is 0 Å². The molecule has 0 atom stereocenters. The number of hydrogen-bond acceptors (Lipinski definition) is 1. The van der Waals surface area contributed by atoms with Crippen molar-refractivity contribution in [1.29, 1.82) is 0 Å². The molecule has 0 amide bonds. The van der Waals surface area contributed by atoms with E-state index >= 15 is 0 Å². The first-order valence-corrected chi connectivity index (χ1v) is 4.67. The Morgan fingerprint density at radius 1 is 1.50 bits per heavy atom. The van der Waals surface area contributed by atoms with Crippen LogP contribution in [0, 0.1) is 0 Å². The molecule has 0 aliphatic carbocycles. The topological polar surface area (TPSA) is 12.9 Å². The molecule has 0 unspecified atom stereocenters. The van der Waals surface area contributed by atoms with Crippen LogP contribution in [-0.4, -0.2) is 4.98 Å². The second-order valence-electron chi connectivity index (χ2n) is 3.21. The minimum absolute atomic E-state index is 0.452.